The van der Waals surface area contributed by atoms with Gasteiger partial charge in [-0.2, -0.15) is 0 Å². The summed E-state index contributed by atoms with van der Waals surface area (Å²) in [5.41, 5.74) is 1.22. The Morgan fingerprint density at radius 1 is 1.24 bits per heavy atom. The lowest BCUT2D eigenvalue weighted by Gasteiger charge is -2.36. The zero-order valence-corrected chi connectivity index (χ0v) is 14.9. The molecule has 0 spiro atoms. The van der Waals surface area contributed by atoms with E-state index in [1.165, 1.54) is 5.56 Å². The molecule has 0 unspecified atom stereocenters. The summed E-state index contributed by atoms with van der Waals surface area (Å²) in [5.74, 6) is 0.224. The van der Waals surface area contributed by atoms with Crippen LogP contribution in [0.3, 0.4) is 0 Å². The lowest BCUT2D eigenvalue weighted by molar-refractivity contribution is -0.137. The normalized spacial score (nSPS) is 12.2. The summed E-state index contributed by atoms with van der Waals surface area (Å²) < 4.78 is 6.30. The van der Waals surface area contributed by atoms with Crippen LogP contribution < -0.4 is 4.43 Å². The van der Waals surface area contributed by atoms with Crippen LogP contribution in [0.4, 0.5) is 0 Å². The Bertz CT molecular complexity index is 475. The van der Waals surface area contributed by atoms with Gasteiger partial charge in [-0.25, -0.2) is 0 Å². The third-order valence-electron chi connectivity index (χ3n) is 4.18. The molecule has 0 saturated carbocycles. The van der Waals surface area contributed by atoms with Crippen molar-refractivity contribution < 1.29 is 14.3 Å². The minimum Gasteiger partial charge on any atom is -0.543 e. The van der Waals surface area contributed by atoms with Gasteiger partial charge in [-0.05, 0) is 55.1 Å². The number of hydrogen-bond donors (Lipinski definition) is 1. The molecule has 0 amide bonds. The Labute approximate surface area is 129 Å². The molecular formula is C17H28O3Si. The second kappa shape index (κ2) is 7.12. The van der Waals surface area contributed by atoms with Crippen molar-refractivity contribution in [3.8, 4) is 5.75 Å². The zero-order chi connectivity index (χ0) is 16.1. The van der Waals surface area contributed by atoms with Crippen molar-refractivity contribution in [2.75, 3.05) is 0 Å². The molecule has 1 aromatic carbocycles. The maximum absolute atomic E-state index is 10.5. The Balaban J connectivity index is 2.62. The summed E-state index contributed by atoms with van der Waals surface area (Å²) in [5, 5.41) is 8.83. The van der Waals surface area contributed by atoms with Gasteiger partial charge in [0.1, 0.15) is 5.75 Å². The van der Waals surface area contributed by atoms with Gasteiger partial charge >= 0.3 is 5.97 Å². The molecule has 0 saturated heterocycles. The first-order chi connectivity index (χ1) is 9.62. The van der Waals surface area contributed by atoms with E-state index < -0.39 is 14.3 Å². The maximum Gasteiger partial charge on any atom is 0.303 e. The molecule has 118 valence electrons. The van der Waals surface area contributed by atoms with Crippen molar-refractivity contribution in [2.45, 2.75) is 64.6 Å². The van der Waals surface area contributed by atoms with Crippen LogP contribution >= 0.6 is 0 Å². The molecule has 0 heterocycles. The molecule has 4 heteroatoms. The maximum atomic E-state index is 10.5. The topological polar surface area (TPSA) is 46.5 Å². The van der Waals surface area contributed by atoms with Crippen LogP contribution in [0.1, 0.15) is 45.6 Å². The second-order valence-corrected chi connectivity index (χ2v) is 11.8. The van der Waals surface area contributed by atoms with Gasteiger partial charge in [0.05, 0.1) is 0 Å². The van der Waals surface area contributed by atoms with Crippen LogP contribution in [0.15, 0.2) is 24.3 Å². The molecule has 1 rings (SSSR count). The SMILES string of the molecule is CC(C)(C)[Si](C)(C)Oc1cccc(CCCCC(=O)O)c1. The molecule has 21 heavy (non-hydrogen) atoms. The van der Waals surface area contributed by atoms with Crippen LogP contribution in [-0.2, 0) is 11.2 Å². The van der Waals surface area contributed by atoms with Gasteiger partial charge < -0.3 is 9.53 Å². The Hall–Kier alpha value is -1.29. The molecule has 3 nitrogen and oxygen atoms in total. The number of benzene rings is 1. The third kappa shape index (κ3) is 5.92. The quantitative estimate of drug-likeness (QED) is 0.577. The molecule has 1 N–H and O–H groups in total. The van der Waals surface area contributed by atoms with Gasteiger partial charge in [0.25, 0.3) is 0 Å². The first kappa shape index (κ1) is 17.8. The Kier molecular flexibility index (Phi) is 6.02. The van der Waals surface area contributed by atoms with Crippen LogP contribution in [0.5, 0.6) is 5.75 Å². The number of carboxylic acids is 1. The van der Waals surface area contributed by atoms with Crippen LogP contribution in [0, 0.1) is 0 Å². The summed E-state index contributed by atoms with van der Waals surface area (Å²) in [6.07, 6.45) is 2.78. The average molecular weight is 308 g/mol. The fourth-order valence-corrected chi connectivity index (χ4v) is 2.84. The molecule has 0 aromatic heterocycles. The summed E-state index contributed by atoms with van der Waals surface area (Å²) in [7, 11) is -1.80. The molecule has 0 aliphatic heterocycles. The van der Waals surface area contributed by atoms with Gasteiger partial charge in [0.15, 0.2) is 0 Å². The Morgan fingerprint density at radius 3 is 2.48 bits per heavy atom. The summed E-state index contributed by atoms with van der Waals surface area (Å²) >= 11 is 0. The lowest BCUT2D eigenvalue weighted by Crippen LogP contribution is -2.43. The van der Waals surface area contributed by atoms with E-state index in [0.29, 0.717) is 0 Å². The van der Waals surface area contributed by atoms with Gasteiger partial charge in [-0.3, -0.25) is 4.79 Å². The van der Waals surface area contributed by atoms with Crippen LogP contribution in [0.2, 0.25) is 18.1 Å². The minimum absolute atomic E-state index is 0.185. The zero-order valence-electron chi connectivity index (χ0n) is 13.9. The smallest absolute Gasteiger partial charge is 0.303 e. The molecule has 0 atom stereocenters. The van der Waals surface area contributed by atoms with Crippen LogP contribution in [-0.4, -0.2) is 19.4 Å². The molecule has 1 aromatic rings. The fraction of sp³-hybridized carbons (Fsp3) is 0.588. The molecule has 0 aliphatic carbocycles. The highest BCUT2D eigenvalue weighted by Gasteiger charge is 2.38. The minimum atomic E-state index is -1.80. The highest BCUT2D eigenvalue weighted by atomic mass is 28.4. The van der Waals surface area contributed by atoms with Crippen molar-refractivity contribution in [1.29, 1.82) is 0 Å². The van der Waals surface area contributed by atoms with E-state index in [1.807, 2.05) is 12.1 Å². The lowest BCUT2D eigenvalue weighted by atomic mass is 10.1. The van der Waals surface area contributed by atoms with Crippen molar-refractivity contribution >= 4 is 14.3 Å². The highest BCUT2D eigenvalue weighted by molar-refractivity contribution is 6.74. The first-order valence-electron chi connectivity index (χ1n) is 7.61. The van der Waals surface area contributed by atoms with Gasteiger partial charge in [-0.15, -0.1) is 0 Å². The van der Waals surface area contributed by atoms with Gasteiger partial charge in [0, 0.05) is 6.42 Å². The monoisotopic (exact) mass is 308 g/mol. The predicted molar refractivity (Wildman–Crippen MR) is 89.5 cm³/mol. The van der Waals surface area contributed by atoms with Crippen molar-refractivity contribution in [2.24, 2.45) is 0 Å². The van der Waals surface area contributed by atoms with Crippen molar-refractivity contribution in [3.63, 3.8) is 0 Å². The number of hydrogen-bond acceptors (Lipinski definition) is 2. The van der Waals surface area contributed by atoms with Gasteiger partial charge in [0.2, 0.25) is 8.32 Å². The molecular weight excluding hydrogens is 280 g/mol. The molecule has 0 radical (unpaired) electrons. The summed E-state index contributed by atoms with van der Waals surface area (Å²) in [6.45, 7) is 11.2. The number of aliphatic carboxylic acids is 1. The standard InChI is InChI=1S/C17H28O3Si/c1-17(2,3)21(4,5)20-15-11-8-10-14(13-15)9-6-7-12-16(18)19/h8,10-11,13H,6-7,9,12H2,1-5H3,(H,18,19). The average Bonchev–Trinajstić information content (AvgIpc) is 2.33. The largest absolute Gasteiger partial charge is 0.543 e. The summed E-state index contributed by atoms with van der Waals surface area (Å²) in [6, 6.07) is 8.22. The van der Waals surface area contributed by atoms with E-state index in [4.69, 9.17) is 9.53 Å². The van der Waals surface area contributed by atoms with Crippen molar-refractivity contribution in [1.82, 2.24) is 0 Å². The Morgan fingerprint density at radius 2 is 1.90 bits per heavy atom. The van der Waals surface area contributed by atoms with E-state index in [9.17, 15) is 4.79 Å². The van der Waals surface area contributed by atoms with Crippen molar-refractivity contribution in [3.05, 3.63) is 29.8 Å². The predicted octanol–water partition coefficient (Wildman–Crippen LogP) is 4.87. The third-order valence-corrected chi connectivity index (χ3v) is 8.54. The highest BCUT2D eigenvalue weighted by Crippen LogP contribution is 2.37. The van der Waals surface area contributed by atoms with E-state index in [2.05, 4.69) is 46.0 Å². The van der Waals surface area contributed by atoms with E-state index in [1.54, 1.807) is 0 Å². The van der Waals surface area contributed by atoms with Crippen LogP contribution in [0.25, 0.3) is 0 Å². The number of rotatable bonds is 7. The number of unbranched alkanes of at least 4 members (excludes halogenated alkanes) is 1. The number of aryl methyl sites for hydroxylation is 1. The fourth-order valence-electron chi connectivity index (χ4n) is 1.82. The number of carboxylic acid groups (broad SMARTS) is 1. The first-order valence-corrected chi connectivity index (χ1v) is 10.5. The van der Waals surface area contributed by atoms with E-state index in [-0.39, 0.29) is 11.5 Å². The number of carbonyl (C=O) groups is 1. The van der Waals surface area contributed by atoms with E-state index >= 15 is 0 Å². The summed E-state index contributed by atoms with van der Waals surface area (Å²) in [4.78, 5) is 10.5. The van der Waals surface area contributed by atoms with Gasteiger partial charge in [-0.1, -0.05) is 32.9 Å². The second-order valence-electron chi connectivity index (χ2n) is 7.11. The van der Waals surface area contributed by atoms with E-state index in [0.717, 1.165) is 25.0 Å². The molecule has 0 fully saturated rings. The molecule has 0 bridgehead atoms. The molecule has 0 aliphatic rings.